The first-order chi connectivity index (χ1) is 13.4. The van der Waals surface area contributed by atoms with E-state index in [-0.39, 0.29) is 29.7 Å². The van der Waals surface area contributed by atoms with Crippen molar-refractivity contribution in [3.05, 3.63) is 5.89 Å². The number of amides is 1. The SMILES string of the molecule is CC[C@H](C)CC(=O)c1oc(SCCN(C)C)n[n+]1C(=O)NC1CCCCCC1. The predicted octanol–water partition coefficient (Wildman–Crippen LogP) is 3.52. The van der Waals surface area contributed by atoms with Crippen LogP contribution in [0.25, 0.3) is 0 Å². The zero-order valence-electron chi connectivity index (χ0n) is 17.7. The molecule has 158 valence electrons. The van der Waals surface area contributed by atoms with Crippen molar-refractivity contribution in [2.24, 2.45) is 5.92 Å². The van der Waals surface area contributed by atoms with Crippen LogP contribution in [0.4, 0.5) is 4.79 Å². The van der Waals surface area contributed by atoms with Crippen LogP contribution >= 0.6 is 11.8 Å². The molecule has 0 bridgehead atoms. The summed E-state index contributed by atoms with van der Waals surface area (Å²) < 4.78 is 6.87. The minimum atomic E-state index is -0.359. The van der Waals surface area contributed by atoms with Crippen LogP contribution in [0.15, 0.2) is 9.64 Å². The summed E-state index contributed by atoms with van der Waals surface area (Å²) in [6, 6.07) is -0.218. The second-order valence-electron chi connectivity index (χ2n) is 8.02. The molecule has 8 heteroatoms. The van der Waals surface area contributed by atoms with Crippen molar-refractivity contribution in [1.82, 2.24) is 15.3 Å². The molecule has 28 heavy (non-hydrogen) atoms. The van der Waals surface area contributed by atoms with Gasteiger partial charge in [-0.15, -0.1) is 0 Å². The molecule has 1 aliphatic carbocycles. The number of thioether (sulfide) groups is 1. The summed E-state index contributed by atoms with van der Waals surface area (Å²) in [6.45, 7) is 4.93. The highest BCUT2D eigenvalue weighted by Gasteiger charge is 2.33. The van der Waals surface area contributed by atoms with Gasteiger partial charge in [0.15, 0.2) is 0 Å². The van der Waals surface area contributed by atoms with E-state index in [1.807, 2.05) is 27.9 Å². The van der Waals surface area contributed by atoms with Gasteiger partial charge in [-0.2, -0.15) is 4.79 Å². The molecule has 1 heterocycles. The maximum Gasteiger partial charge on any atom is 0.520 e. The molecule has 7 nitrogen and oxygen atoms in total. The molecule has 1 amide bonds. The Hall–Kier alpha value is -1.41. The van der Waals surface area contributed by atoms with E-state index in [0.717, 1.165) is 49.1 Å². The third-order valence-electron chi connectivity index (χ3n) is 5.17. The van der Waals surface area contributed by atoms with Gasteiger partial charge in [-0.25, -0.2) is 5.32 Å². The van der Waals surface area contributed by atoms with E-state index in [9.17, 15) is 9.59 Å². The zero-order valence-corrected chi connectivity index (χ0v) is 18.5. The molecule has 0 radical (unpaired) electrons. The fourth-order valence-electron chi connectivity index (χ4n) is 3.17. The minimum Gasteiger partial charge on any atom is -0.390 e. The molecule has 0 unspecified atom stereocenters. The average molecular weight is 412 g/mol. The number of aromatic nitrogens is 2. The first-order valence-electron chi connectivity index (χ1n) is 10.5. The number of ketones is 1. The predicted molar refractivity (Wildman–Crippen MR) is 110 cm³/mol. The average Bonchev–Trinajstić information content (AvgIpc) is 2.91. The highest BCUT2D eigenvalue weighted by atomic mass is 32.2. The number of nitrogens with one attached hydrogen (secondary N) is 1. The highest BCUT2D eigenvalue weighted by molar-refractivity contribution is 7.99. The molecule has 0 spiro atoms. The number of Topliss-reactive ketones (excluding diaryl/α,β-unsaturated/α-hetero) is 1. The fraction of sp³-hybridized carbons (Fsp3) is 0.800. The van der Waals surface area contributed by atoms with E-state index in [1.54, 1.807) is 0 Å². The van der Waals surface area contributed by atoms with Crippen LogP contribution in [-0.4, -0.2) is 54.2 Å². The number of nitrogens with zero attached hydrogens (tertiary/aromatic N) is 3. The van der Waals surface area contributed by atoms with Crippen molar-refractivity contribution in [3.8, 4) is 0 Å². The molecule has 1 N–H and O–H groups in total. The van der Waals surface area contributed by atoms with Crippen LogP contribution in [0, 0.1) is 5.92 Å². The van der Waals surface area contributed by atoms with Gasteiger partial charge in [0, 0.05) is 18.7 Å². The van der Waals surface area contributed by atoms with Crippen LogP contribution in [0.3, 0.4) is 0 Å². The largest absolute Gasteiger partial charge is 0.520 e. The number of rotatable bonds is 9. The summed E-state index contributed by atoms with van der Waals surface area (Å²) in [5.74, 6) is 0.883. The molecule has 1 aromatic heterocycles. The van der Waals surface area contributed by atoms with Gasteiger partial charge >= 0.3 is 11.9 Å². The first-order valence-corrected chi connectivity index (χ1v) is 11.4. The van der Waals surface area contributed by atoms with Crippen LogP contribution in [0.5, 0.6) is 0 Å². The molecular weight excluding hydrogens is 376 g/mol. The van der Waals surface area contributed by atoms with Crippen LogP contribution < -0.4 is 10.00 Å². The van der Waals surface area contributed by atoms with E-state index in [1.165, 1.54) is 24.6 Å². The highest BCUT2D eigenvalue weighted by Crippen LogP contribution is 2.19. The zero-order chi connectivity index (χ0) is 20.5. The van der Waals surface area contributed by atoms with Gasteiger partial charge in [0.25, 0.3) is 5.22 Å². The van der Waals surface area contributed by atoms with Gasteiger partial charge in [-0.3, -0.25) is 4.79 Å². The summed E-state index contributed by atoms with van der Waals surface area (Å²) in [5, 5.41) is 7.73. The number of hydrogen-bond acceptors (Lipinski definition) is 6. The fourth-order valence-corrected chi connectivity index (χ4v) is 4.08. The standard InChI is InChI=1S/C20H34N4O3S/c1-5-15(2)14-17(25)18-24(22-20(27-18)28-13-12-23(3)4)19(26)21-16-10-8-6-7-9-11-16/h15-16H,5-14H2,1-4H3/p+1/t15-/m0/s1. The number of carbonyl (C=O) groups excluding carboxylic acids is 2. The Morgan fingerprint density at radius 3 is 2.57 bits per heavy atom. The monoisotopic (exact) mass is 411 g/mol. The molecule has 0 aromatic carbocycles. The second-order valence-corrected chi connectivity index (χ2v) is 9.06. The Bertz CT molecular complexity index is 639. The van der Waals surface area contributed by atoms with Crippen molar-refractivity contribution in [2.75, 3.05) is 26.4 Å². The Morgan fingerprint density at radius 2 is 1.96 bits per heavy atom. The molecule has 0 aliphatic heterocycles. The summed E-state index contributed by atoms with van der Waals surface area (Å²) in [5.41, 5.74) is 0. The van der Waals surface area contributed by atoms with Gasteiger partial charge in [0.05, 0.1) is 6.04 Å². The van der Waals surface area contributed by atoms with Gasteiger partial charge in [0.2, 0.25) is 5.78 Å². The third kappa shape index (κ3) is 7.20. The normalized spacial score (nSPS) is 16.8. The number of carbonyl (C=O) groups is 2. The summed E-state index contributed by atoms with van der Waals surface area (Å²) in [7, 11) is 4.00. The Kier molecular flexibility index (Phi) is 9.44. The van der Waals surface area contributed by atoms with Crippen molar-refractivity contribution in [2.45, 2.75) is 76.5 Å². The molecule has 0 saturated heterocycles. The third-order valence-corrected chi connectivity index (χ3v) is 5.97. The van der Waals surface area contributed by atoms with E-state index in [2.05, 4.69) is 15.3 Å². The smallest absolute Gasteiger partial charge is 0.390 e. The van der Waals surface area contributed by atoms with E-state index in [0.29, 0.717) is 11.6 Å². The lowest BCUT2D eigenvalue weighted by Gasteiger charge is -2.09. The minimum absolute atomic E-state index is 0.0405. The van der Waals surface area contributed by atoms with E-state index in [4.69, 9.17) is 4.42 Å². The lowest BCUT2D eigenvalue weighted by atomic mass is 10.0. The van der Waals surface area contributed by atoms with Crippen molar-refractivity contribution < 1.29 is 18.7 Å². The Balaban J connectivity index is 2.14. The second kappa shape index (κ2) is 11.6. The maximum atomic E-state index is 12.9. The van der Waals surface area contributed by atoms with Crippen LogP contribution in [-0.2, 0) is 0 Å². The van der Waals surface area contributed by atoms with Crippen LogP contribution in [0.1, 0.15) is 75.9 Å². The van der Waals surface area contributed by atoms with E-state index < -0.39 is 0 Å². The maximum absolute atomic E-state index is 12.9. The van der Waals surface area contributed by atoms with Crippen LogP contribution in [0.2, 0.25) is 0 Å². The summed E-state index contributed by atoms with van der Waals surface area (Å²) in [6.07, 6.45) is 7.89. The van der Waals surface area contributed by atoms with Gasteiger partial charge < -0.3 is 9.32 Å². The molecule has 1 aliphatic rings. The first kappa shape index (κ1) is 22.9. The summed E-state index contributed by atoms with van der Waals surface area (Å²) >= 11 is 1.42. The lowest BCUT2D eigenvalue weighted by Crippen LogP contribution is -2.57. The Labute approximate surface area is 172 Å². The topological polar surface area (TPSA) is 79.3 Å². The van der Waals surface area contributed by atoms with E-state index >= 15 is 0 Å². The quantitative estimate of drug-likeness (QED) is 0.290. The lowest BCUT2D eigenvalue weighted by molar-refractivity contribution is -0.640. The van der Waals surface area contributed by atoms with Crippen molar-refractivity contribution >= 4 is 23.6 Å². The van der Waals surface area contributed by atoms with Gasteiger partial charge in [-0.05, 0) is 55.5 Å². The molecule has 1 aromatic rings. The van der Waals surface area contributed by atoms with Crippen molar-refractivity contribution in [1.29, 1.82) is 0 Å². The Morgan fingerprint density at radius 1 is 1.29 bits per heavy atom. The van der Waals surface area contributed by atoms with Gasteiger partial charge in [0.1, 0.15) is 0 Å². The molecule has 1 fully saturated rings. The number of hydrogen-bond donors (Lipinski definition) is 1. The van der Waals surface area contributed by atoms with Gasteiger partial charge in [-0.1, -0.05) is 44.9 Å². The molecule has 1 saturated carbocycles. The summed E-state index contributed by atoms with van der Waals surface area (Å²) in [4.78, 5) is 27.7. The molecule has 2 rings (SSSR count). The van der Waals surface area contributed by atoms with Crippen molar-refractivity contribution in [3.63, 3.8) is 0 Å². The molecular formula is C20H35N4O3S+. The molecule has 1 atom stereocenters.